The SMILES string of the molecule is CC(C)(C)OC(=O)N1CC(F)[C@@H](OC(=O)c2ccc([N+](=O)[O-])cc2)C1. The van der Waals surface area contributed by atoms with Crippen LogP contribution >= 0.6 is 0 Å². The second-order valence-corrected chi connectivity index (χ2v) is 6.65. The molecule has 1 aliphatic heterocycles. The summed E-state index contributed by atoms with van der Waals surface area (Å²) in [5.41, 5.74) is -0.818. The molecule has 1 unspecified atom stereocenters. The smallest absolute Gasteiger partial charge is 0.410 e. The monoisotopic (exact) mass is 354 g/mol. The van der Waals surface area contributed by atoms with Crippen LogP contribution in [0, 0.1) is 10.1 Å². The summed E-state index contributed by atoms with van der Waals surface area (Å²) in [6.07, 6.45) is -3.33. The topological polar surface area (TPSA) is 99.0 Å². The summed E-state index contributed by atoms with van der Waals surface area (Å²) in [6.45, 7) is 4.74. The highest BCUT2D eigenvalue weighted by molar-refractivity contribution is 5.89. The molecule has 8 nitrogen and oxygen atoms in total. The Balaban J connectivity index is 1.97. The molecule has 1 amide bonds. The maximum Gasteiger partial charge on any atom is 0.410 e. The van der Waals surface area contributed by atoms with Crippen molar-refractivity contribution < 1.29 is 28.4 Å². The van der Waals surface area contributed by atoms with Crippen molar-refractivity contribution >= 4 is 17.7 Å². The lowest BCUT2D eigenvalue weighted by molar-refractivity contribution is -0.384. The number of carbonyl (C=O) groups excluding carboxylic acids is 2. The van der Waals surface area contributed by atoms with Crippen LogP contribution in [0.4, 0.5) is 14.9 Å². The van der Waals surface area contributed by atoms with Crippen LogP contribution < -0.4 is 0 Å². The summed E-state index contributed by atoms with van der Waals surface area (Å²) in [6, 6.07) is 4.78. The number of nitro groups is 1. The predicted octanol–water partition coefficient (Wildman–Crippen LogP) is 2.71. The van der Waals surface area contributed by atoms with E-state index < -0.39 is 34.9 Å². The molecule has 0 bridgehead atoms. The zero-order chi connectivity index (χ0) is 18.8. The van der Waals surface area contributed by atoms with Gasteiger partial charge in [-0.2, -0.15) is 0 Å². The Hall–Kier alpha value is -2.71. The lowest BCUT2D eigenvalue weighted by Gasteiger charge is -2.24. The molecule has 1 fully saturated rings. The van der Waals surface area contributed by atoms with E-state index in [2.05, 4.69) is 0 Å². The Morgan fingerprint density at radius 1 is 1.24 bits per heavy atom. The van der Waals surface area contributed by atoms with Crippen LogP contribution in [0.25, 0.3) is 0 Å². The third kappa shape index (κ3) is 4.88. The number of non-ortho nitro benzene ring substituents is 1. The molecule has 9 heteroatoms. The van der Waals surface area contributed by atoms with Crippen LogP contribution in [0.15, 0.2) is 24.3 Å². The minimum atomic E-state index is -1.53. The molecule has 2 atom stereocenters. The van der Waals surface area contributed by atoms with Crippen molar-refractivity contribution in [2.45, 2.75) is 38.6 Å². The maximum absolute atomic E-state index is 14.1. The van der Waals surface area contributed by atoms with Crippen LogP contribution in [-0.2, 0) is 9.47 Å². The van der Waals surface area contributed by atoms with Crippen LogP contribution in [0.2, 0.25) is 0 Å². The van der Waals surface area contributed by atoms with Gasteiger partial charge in [-0.1, -0.05) is 0 Å². The highest BCUT2D eigenvalue weighted by Gasteiger charge is 2.39. The zero-order valence-corrected chi connectivity index (χ0v) is 14.1. The van der Waals surface area contributed by atoms with Crippen molar-refractivity contribution in [3.63, 3.8) is 0 Å². The average Bonchev–Trinajstić information content (AvgIpc) is 2.87. The highest BCUT2D eigenvalue weighted by Crippen LogP contribution is 2.21. The molecule has 1 aliphatic rings. The number of benzene rings is 1. The Bertz CT molecular complexity index is 670. The van der Waals surface area contributed by atoms with Crippen LogP contribution in [0.5, 0.6) is 0 Å². The van der Waals surface area contributed by atoms with Gasteiger partial charge in [0.2, 0.25) is 0 Å². The van der Waals surface area contributed by atoms with Gasteiger partial charge in [0.15, 0.2) is 12.3 Å². The number of likely N-dealkylation sites (tertiary alicyclic amines) is 1. The van der Waals surface area contributed by atoms with Gasteiger partial charge in [0.05, 0.1) is 23.6 Å². The van der Waals surface area contributed by atoms with Gasteiger partial charge >= 0.3 is 12.1 Å². The molecule has 0 aliphatic carbocycles. The third-order valence-electron chi connectivity index (χ3n) is 3.42. The fourth-order valence-electron chi connectivity index (χ4n) is 2.25. The number of alkyl halides is 1. The summed E-state index contributed by atoms with van der Waals surface area (Å²) in [5, 5.41) is 10.6. The molecule has 0 N–H and O–H groups in total. The van der Waals surface area contributed by atoms with E-state index in [0.29, 0.717) is 0 Å². The van der Waals surface area contributed by atoms with Gasteiger partial charge in [0.25, 0.3) is 5.69 Å². The van der Waals surface area contributed by atoms with Crippen molar-refractivity contribution in [1.29, 1.82) is 0 Å². The normalized spacial score (nSPS) is 20.2. The third-order valence-corrected chi connectivity index (χ3v) is 3.42. The van der Waals surface area contributed by atoms with Crippen LogP contribution in [0.1, 0.15) is 31.1 Å². The standard InChI is InChI=1S/C16H19FN2O6/c1-16(2,3)25-15(21)18-8-12(17)13(9-18)24-14(20)10-4-6-11(7-5-10)19(22)23/h4-7,12-13H,8-9H2,1-3H3/t12?,13-/m0/s1. The van der Waals surface area contributed by atoms with E-state index in [9.17, 15) is 24.1 Å². The van der Waals surface area contributed by atoms with Crippen molar-refractivity contribution in [2.75, 3.05) is 13.1 Å². The van der Waals surface area contributed by atoms with E-state index in [1.807, 2.05) is 0 Å². The molecule has 1 aromatic carbocycles. The van der Waals surface area contributed by atoms with E-state index in [1.54, 1.807) is 20.8 Å². The van der Waals surface area contributed by atoms with E-state index in [1.165, 1.54) is 12.1 Å². The number of amides is 1. The van der Waals surface area contributed by atoms with Crippen molar-refractivity contribution in [1.82, 2.24) is 4.90 Å². The molecule has 0 radical (unpaired) electrons. The van der Waals surface area contributed by atoms with E-state index in [4.69, 9.17) is 9.47 Å². The van der Waals surface area contributed by atoms with Gasteiger partial charge in [-0.05, 0) is 32.9 Å². The fraction of sp³-hybridized carbons (Fsp3) is 0.500. The second kappa shape index (κ2) is 7.04. The molecular weight excluding hydrogens is 335 g/mol. The first kappa shape index (κ1) is 18.6. The Morgan fingerprint density at radius 3 is 2.36 bits per heavy atom. The fourth-order valence-corrected chi connectivity index (χ4v) is 2.25. The van der Waals surface area contributed by atoms with Gasteiger partial charge in [0, 0.05) is 12.1 Å². The summed E-state index contributed by atoms with van der Waals surface area (Å²) < 4.78 is 24.3. The number of hydrogen-bond acceptors (Lipinski definition) is 6. The van der Waals surface area contributed by atoms with E-state index >= 15 is 0 Å². The van der Waals surface area contributed by atoms with Gasteiger partial charge in [-0.25, -0.2) is 14.0 Å². The van der Waals surface area contributed by atoms with E-state index in [-0.39, 0.29) is 24.3 Å². The number of hydrogen-bond donors (Lipinski definition) is 0. The van der Waals surface area contributed by atoms with Gasteiger partial charge in [0.1, 0.15) is 5.60 Å². The van der Waals surface area contributed by atoms with Crippen molar-refractivity contribution in [3.05, 3.63) is 39.9 Å². The molecule has 1 aromatic rings. The molecular formula is C16H19FN2O6. The number of nitro benzene ring substituents is 1. The largest absolute Gasteiger partial charge is 0.454 e. The number of esters is 1. The van der Waals surface area contributed by atoms with Gasteiger partial charge in [-0.15, -0.1) is 0 Å². The number of ether oxygens (including phenoxy) is 2. The molecule has 25 heavy (non-hydrogen) atoms. The molecule has 0 spiro atoms. The molecule has 0 saturated carbocycles. The average molecular weight is 354 g/mol. The van der Waals surface area contributed by atoms with Gasteiger partial charge < -0.3 is 14.4 Å². The lowest BCUT2D eigenvalue weighted by atomic mass is 10.2. The molecule has 1 heterocycles. The lowest BCUT2D eigenvalue weighted by Crippen LogP contribution is -2.36. The van der Waals surface area contributed by atoms with E-state index in [0.717, 1.165) is 17.0 Å². The first-order valence-corrected chi connectivity index (χ1v) is 7.64. The number of carbonyl (C=O) groups is 2. The molecule has 0 aromatic heterocycles. The summed E-state index contributed by atoms with van der Waals surface area (Å²) in [7, 11) is 0. The zero-order valence-electron chi connectivity index (χ0n) is 14.1. The summed E-state index contributed by atoms with van der Waals surface area (Å²) >= 11 is 0. The van der Waals surface area contributed by atoms with Crippen molar-refractivity contribution in [2.24, 2.45) is 0 Å². The number of halogens is 1. The Labute approximate surface area is 143 Å². The molecule has 136 valence electrons. The quantitative estimate of drug-likeness (QED) is 0.470. The summed E-state index contributed by atoms with van der Waals surface area (Å²) in [4.78, 5) is 35.1. The predicted molar refractivity (Wildman–Crippen MR) is 85.0 cm³/mol. The first-order valence-electron chi connectivity index (χ1n) is 7.64. The van der Waals surface area contributed by atoms with Crippen LogP contribution in [0.3, 0.4) is 0 Å². The summed E-state index contributed by atoms with van der Waals surface area (Å²) in [5.74, 6) is -0.811. The van der Waals surface area contributed by atoms with Crippen molar-refractivity contribution in [3.8, 4) is 0 Å². The molecule has 1 saturated heterocycles. The minimum Gasteiger partial charge on any atom is -0.454 e. The van der Waals surface area contributed by atoms with Gasteiger partial charge in [-0.3, -0.25) is 10.1 Å². The highest BCUT2D eigenvalue weighted by atomic mass is 19.1. The Morgan fingerprint density at radius 2 is 1.84 bits per heavy atom. The van der Waals surface area contributed by atoms with Crippen LogP contribution in [-0.4, -0.2) is 52.9 Å². The Kier molecular flexibility index (Phi) is 5.24. The first-order chi connectivity index (χ1) is 11.6. The second-order valence-electron chi connectivity index (χ2n) is 6.65. The number of rotatable bonds is 3. The maximum atomic E-state index is 14.1. The minimum absolute atomic E-state index is 0.0634. The molecule has 2 rings (SSSR count). The number of nitrogens with zero attached hydrogens (tertiary/aromatic N) is 2.